The number of nitrogens with two attached hydrogens (primary N) is 1. The molecule has 0 aliphatic carbocycles. The standard InChI is InChI=1S/C19H36N4O10/c20-1-3-28-5-6-29-7-8-30-9-10-31-13-14-11-23(22-21-14)2-4-32-19-18(27)17(26)16(25)15(12-24)33-19/h11,15-19,24-27H,1-10,12-13,20H2/t15-,16-,17+,18-,19-/m1/s1. The van der Waals surface area contributed by atoms with Gasteiger partial charge in [0.05, 0.1) is 78.8 Å². The van der Waals surface area contributed by atoms with Gasteiger partial charge in [0.15, 0.2) is 6.29 Å². The van der Waals surface area contributed by atoms with Gasteiger partial charge in [0.2, 0.25) is 0 Å². The molecule has 1 saturated heterocycles. The lowest BCUT2D eigenvalue weighted by atomic mass is 9.99. The lowest BCUT2D eigenvalue weighted by Gasteiger charge is -2.39. The van der Waals surface area contributed by atoms with E-state index in [0.717, 1.165) is 0 Å². The number of nitrogens with zero attached hydrogens (tertiary/aromatic N) is 3. The molecule has 33 heavy (non-hydrogen) atoms. The summed E-state index contributed by atoms with van der Waals surface area (Å²) < 4.78 is 33.6. The molecule has 0 saturated carbocycles. The summed E-state index contributed by atoms with van der Waals surface area (Å²) >= 11 is 0. The van der Waals surface area contributed by atoms with Gasteiger partial charge in [-0.1, -0.05) is 5.21 Å². The van der Waals surface area contributed by atoms with Crippen molar-refractivity contribution < 1.29 is 48.8 Å². The summed E-state index contributed by atoms with van der Waals surface area (Å²) in [6.07, 6.45) is -4.84. The molecule has 1 aromatic heterocycles. The molecule has 1 aliphatic rings. The fourth-order valence-electron chi connectivity index (χ4n) is 2.90. The van der Waals surface area contributed by atoms with Crippen LogP contribution in [-0.4, -0.2) is 132 Å². The second-order valence-electron chi connectivity index (χ2n) is 7.22. The summed E-state index contributed by atoms with van der Waals surface area (Å²) in [5.74, 6) is 0. The van der Waals surface area contributed by atoms with E-state index < -0.39 is 37.3 Å². The van der Waals surface area contributed by atoms with E-state index in [1.807, 2.05) is 0 Å². The summed E-state index contributed by atoms with van der Waals surface area (Å²) in [7, 11) is 0. The lowest BCUT2D eigenvalue weighted by molar-refractivity contribution is -0.301. The van der Waals surface area contributed by atoms with Crippen LogP contribution in [0, 0.1) is 0 Å². The van der Waals surface area contributed by atoms with Gasteiger partial charge >= 0.3 is 0 Å². The van der Waals surface area contributed by atoms with Crippen LogP contribution in [0.2, 0.25) is 0 Å². The van der Waals surface area contributed by atoms with Crippen molar-refractivity contribution in [2.24, 2.45) is 5.73 Å². The van der Waals surface area contributed by atoms with E-state index in [4.69, 9.17) is 34.2 Å². The maximum absolute atomic E-state index is 9.94. The third-order valence-electron chi connectivity index (χ3n) is 4.67. The molecule has 6 N–H and O–H groups in total. The minimum atomic E-state index is -1.48. The van der Waals surface area contributed by atoms with Gasteiger partial charge in [0.1, 0.15) is 30.1 Å². The molecular formula is C19H36N4O10. The van der Waals surface area contributed by atoms with Gasteiger partial charge in [-0.3, -0.25) is 0 Å². The van der Waals surface area contributed by atoms with E-state index in [1.54, 1.807) is 6.20 Å². The Morgan fingerprint density at radius 1 is 0.879 bits per heavy atom. The Morgan fingerprint density at radius 3 is 2.15 bits per heavy atom. The van der Waals surface area contributed by atoms with Gasteiger partial charge in [-0.2, -0.15) is 0 Å². The van der Waals surface area contributed by atoms with Crippen molar-refractivity contribution in [3.63, 3.8) is 0 Å². The number of aliphatic hydroxyl groups excluding tert-OH is 4. The highest BCUT2D eigenvalue weighted by Crippen LogP contribution is 2.21. The minimum Gasteiger partial charge on any atom is -0.394 e. The topological polar surface area (TPSA) is 193 Å². The zero-order chi connectivity index (χ0) is 23.9. The molecular weight excluding hydrogens is 444 g/mol. The minimum absolute atomic E-state index is 0.0986. The van der Waals surface area contributed by atoms with Crippen LogP contribution >= 0.6 is 0 Å². The Balaban J connectivity index is 1.50. The van der Waals surface area contributed by atoms with Crippen LogP contribution in [0.4, 0.5) is 0 Å². The van der Waals surface area contributed by atoms with E-state index in [2.05, 4.69) is 10.3 Å². The Labute approximate surface area is 192 Å². The number of ether oxygens (including phenoxy) is 6. The lowest BCUT2D eigenvalue weighted by Crippen LogP contribution is -2.59. The van der Waals surface area contributed by atoms with Crippen LogP contribution in [0.1, 0.15) is 5.69 Å². The highest BCUT2D eigenvalue weighted by atomic mass is 16.7. The predicted octanol–water partition coefficient (Wildman–Crippen LogP) is -3.38. The van der Waals surface area contributed by atoms with Crippen LogP contribution in [0.5, 0.6) is 0 Å². The first kappa shape index (κ1) is 27.9. The van der Waals surface area contributed by atoms with Gasteiger partial charge in [-0.05, 0) is 0 Å². The van der Waals surface area contributed by atoms with E-state index in [1.165, 1.54) is 4.68 Å². The molecule has 0 unspecified atom stereocenters. The highest BCUT2D eigenvalue weighted by molar-refractivity contribution is 4.90. The van der Waals surface area contributed by atoms with E-state index >= 15 is 0 Å². The van der Waals surface area contributed by atoms with Gasteiger partial charge in [0, 0.05) is 6.54 Å². The number of hydrogen-bond acceptors (Lipinski definition) is 13. The fourth-order valence-corrected chi connectivity index (χ4v) is 2.90. The highest BCUT2D eigenvalue weighted by Gasteiger charge is 2.43. The first-order valence-electron chi connectivity index (χ1n) is 10.9. The first-order chi connectivity index (χ1) is 16.1. The second-order valence-corrected chi connectivity index (χ2v) is 7.22. The van der Waals surface area contributed by atoms with Crippen LogP contribution in [0.3, 0.4) is 0 Å². The third-order valence-corrected chi connectivity index (χ3v) is 4.67. The van der Waals surface area contributed by atoms with Crippen molar-refractivity contribution in [1.29, 1.82) is 0 Å². The molecule has 2 heterocycles. The van der Waals surface area contributed by atoms with Crippen molar-refractivity contribution in [3.8, 4) is 0 Å². The van der Waals surface area contributed by atoms with E-state index in [0.29, 0.717) is 65.0 Å². The zero-order valence-corrected chi connectivity index (χ0v) is 18.6. The number of rotatable bonds is 18. The molecule has 0 amide bonds. The quantitative estimate of drug-likeness (QED) is 0.131. The van der Waals surface area contributed by atoms with Crippen molar-refractivity contribution in [2.45, 2.75) is 43.9 Å². The largest absolute Gasteiger partial charge is 0.394 e. The molecule has 0 bridgehead atoms. The molecule has 192 valence electrons. The average Bonchev–Trinajstić information content (AvgIpc) is 3.27. The maximum Gasteiger partial charge on any atom is 0.186 e. The molecule has 0 radical (unpaired) electrons. The smallest absolute Gasteiger partial charge is 0.186 e. The predicted molar refractivity (Wildman–Crippen MR) is 111 cm³/mol. The molecule has 14 nitrogen and oxygen atoms in total. The molecule has 0 spiro atoms. The molecule has 2 rings (SSSR count). The van der Waals surface area contributed by atoms with Gasteiger partial charge in [-0.15, -0.1) is 5.10 Å². The van der Waals surface area contributed by atoms with Gasteiger partial charge in [-0.25, -0.2) is 4.68 Å². The summed E-state index contributed by atoms with van der Waals surface area (Å²) in [6.45, 7) is 3.97. The summed E-state index contributed by atoms with van der Waals surface area (Å²) in [6, 6.07) is 0. The second kappa shape index (κ2) is 16.3. The summed E-state index contributed by atoms with van der Waals surface area (Å²) in [4.78, 5) is 0. The Hall–Kier alpha value is -1.30. The molecule has 14 heteroatoms. The number of aliphatic hydroxyl groups is 4. The van der Waals surface area contributed by atoms with Gasteiger partial charge in [0.25, 0.3) is 0 Å². The van der Waals surface area contributed by atoms with Crippen LogP contribution in [0.15, 0.2) is 6.20 Å². The third kappa shape index (κ3) is 10.2. The zero-order valence-electron chi connectivity index (χ0n) is 18.6. The van der Waals surface area contributed by atoms with Crippen molar-refractivity contribution in [3.05, 3.63) is 11.9 Å². The van der Waals surface area contributed by atoms with Crippen molar-refractivity contribution in [2.75, 3.05) is 66.0 Å². The molecule has 5 atom stereocenters. The van der Waals surface area contributed by atoms with Crippen LogP contribution < -0.4 is 5.73 Å². The normalized spacial score (nSPS) is 25.5. The van der Waals surface area contributed by atoms with Crippen LogP contribution in [-0.2, 0) is 41.6 Å². The van der Waals surface area contributed by atoms with Crippen molar-refractivity contribution >= 4 is 0 Å². The summed E-state index contributed by atoms with van der Waals surface area (Å²) in [5, 5.41) is 46.6. The average molecular weight is 481 g/mol. The number of hydrogen-bond donors (Lipinski definition) is 5. The summed E-state index contributed by atoms with van der Waals surface area (Å²) in [5.41, 5.74) is 5.94. The number of aromatic nitrogens is 3. The van der Waals surface area contributed by atoms with Crippen LogP contribution in [0.25, 0.3) is 0 Å². The van der Waals surface area contributed by atoms with E-state index in [-0.39, 0.29) is 13.2 Å². The maximum atomic E-state index is 9.94. The molecule has 1 fully saturated rings. The van der Waals surface area contributed by atoms with Crippen molar-refractivity contribution in [1.82, 2.24) is 15.0 Å². The SMILES string of the molecule is NCCOCCOCCOCCOCc1cn(CCO[C@@H]2O[C@H](CO)[C@@H](O)[C@H](O)[C@H]2O)nn1. The first-order valence-corrected chi connectivity index (χ1v) is 10.9. The Morgan fingerprint density at radius 2 is 1.52 bits per heavy atom. The molecule has 1 aliphatic heterocycles. The fraction of sp³-hybridized carbons (Fsp3) is 0.895. The van der Waals surface area contributed by atoms with E-state index in [9.17, 15) is 20.4 Å². The molecule has 1 aromatic rings. The van der Waals surface area contributed by atoms with Gasteiger partial charge < -0.3 is 54.6 Å². The Kier molecular flexibility index (Phi) is 13.8. The monoisotopic (exact) mass is 480 g/mol. The molecule has 0 aromatic carbocycles. The Bertz CT molecular complexity index is 623.